The van der Waals surface area contributed by atoms with Gasteiger partial charge < -0.3 is 24.7 Å². The molecule has 0 aliphatic heterocycles. The maximum Gasteiger partial charge on any atom is 0.500 e. The van der Waals surface area contributed by atoms with Crippen LogP contribution >= 0.6 is 0 Å². The van der Waals surface area contributed by atoms with Gasteiger partial charge in [0.25, 0.3) is 0 Å². The number of nitrogens with two attached hydrogens (primary N) is 2. The van der Waals surface area contributed by atoms with Crippen molar-refractivity contribution in [3.63, 3.8) is 0 Å². The highest BCUT2D eigenvalue weighted by atomic mass is 28.4. The van der Waals surface area contributed by atoms with Crippen LogP contribution in [0, 0.1) is 0 Å². The van der Waals surface area contributed by atoms with E-state index in [-0.39, 0.29) is 6.17 Å². The van der Waals surface area contributed by atoms with Gasteiger partial charge in [0.1, 0.15) is 0 Å². The molecule has 0 rings (SSSR count). The first-order valence-electron chi connectivity index (χ1n) is 8.64. The van der Waals surface area contributed by atoms with Gasteiger partial charge in [-0.1, -0.05) is 58.3 Å². The summed E-state index contributed by atoms with van der Waals surface area (Å²) in [5, 5.41) is 0. The lowest BCUT2D eigenvalue weighted by Crippen LogP contribution is -2.42. The van der Waals surface area contributed by atoms with Crippen molar-refractivity contribution in [1.29, 1.82) is 0 Å². The summed E-state index contributed by atoms with van der Waals surface area (Å²) >= 11 is 0. The topological polar surface area (TPSA) is 79.7 Å². The van der Waals surface area contributed by atoms with Crippen molar-refractivity contribution in [1.82, 2.24) is 0 Å². The number of unbranched alkanes of at least 4 members (excludes halogenated alkanes) is 8. The predicted octanol–water partition coefficient (Wildman–Crippen LogP) is 3.65. The van der Waals surface area contributed by atoms with Gasteiger partial charge in [0, 0.05) is 33.5 Å². The first-order valence-corrected chi connectivity index (χ1v) is 10.6. The molecule has 0 aliphatic rings. The van der Waals surface area contributed by atoms with Gasteiger partial charge in [-0.25, -0.2) is 0 Å². The Kier molecular flexibility index (Phi) is 19.2. The summed E-state index contributed by atoms with van der Waals surface area (Å²) in [7, 11) is 2.76. The van der Waals surface area contributed by atoms with Crippen LogP contribution in [0.4, 0.5) is 0 Å². The average Bonchev–Trinajstić information content (AvgIpc) is 2.50. The zero-order valence-corrected chi connectivity index (χ0v) is 16.5. The monoisotopic (exact) mass is 336 g/mol. The molecule has 0 aromatic carbocycles. The van der Waals surface area contributed by atoms with E-state index < -0.39 is 8.80 Å². The maximum atomic E-state index is 5.40. The van der Waals surface area contributed by atoms with Crippen molar-refractivity contribution in [2.45, 2.75) is 83.8 Å². The van der Waals surface area contributed by atoms with Crippen LogP contribution < -0.4 is 11.5 Å². The molecule has 0 amide bonds. The summed E-state index contributed by atoms with van der Waals surface area (Å²) in [5.74, 6) is 0. The Bertz CT molecular complexity index is 205. The Labute approximate surface area is 139 Å². The molecule has 0 aliphatic carbocycles. The summed E-state index contributed by atoms with van der Waals surface area (Å²) in [5.41, 5.74) is 9.78. The second-order valence-electron chi connectivity index (χ2n) is 5.73. The van der Waals surface area contributed by atoms with Gasteiger partial charge >= 0.3 is 8.80 Å². The summed E-state index contributed by atoms with van der Waals surface area (Å²) < 4.78 is 16.2. The van der Waals surface area contributed by atoms with Crippen LogP contribution in [0.2, 0.25) is 6.04 Å². The molecule has 136 valence electrons. The van der Waals surface area contributed by atoms with Crippen molar-refractivity contribution in [3.8, 4) is 0 Å². The highest BCUT2D eigenvalue weighted by molar-refractivity contribution is 6.60. The normalized spacial score (nSPS) is 11.5. The first kappa shape index (κ1) is 24.3. The fraction of sp³-hybridized carbons (Fsp3) is 1.00. The van der Waals surface area contributed by atoms with Gasteiger partial charge in [-0.05, 0) is 13.3 Å². The molecule has 0 heterocycles. The molecule has 0 aromatic rings. The third-order valence-electron chi connectivity index (χ3n) is 3.52. The summed E-state index contributed by atoms with van der Waals surface area (Å²) in [4.78, 5) is 0. The molecule has 0 radical (unpaired) electrons. The maximum absolute atomic E-state index is 5.40. The fourth-order valence-electron chi connectivity index (χ4n) is 2.21. The zero-order valence-electron chi connectivity index (χ0n) is 15.5. The highest BCUT2D eigenvalue weighted by Crippen LogP contribution is 2.18. The third kappa shape index (κ3) is 16.4. The van der Waals surface area contributed by atoms with E-state index in [0.29, 0.717) is 0 Å². The van der Waals surface area contributed by atoms with Crippen LogP contribution in [0.3, 0.4) is 0 Å². The lowest BCUT2D eigenvalue weighted by Gasteiger charge is -2.24. The Morgan fingerprint density at radius 1 is 0.727 bits per heavy atom. The summed E-state index contributed by atoms with van der Waals surface area (Å²) in [6, 6.07) is 0.937. The molecule has 0 atom stereocenters. The van der Waals surface area contributed by atoms with Crippen LogP contribution in [0.1, 0.15) is 71.6 Å². The van der Waals surface area contributed by atoms with Crippen LogP contribution in [-0.2, 0) is 13.3 Å². The molecule has 6 heteroatoms. The molecule has 5 nitrogen and oxygen atoms in total. The minimum Gasteiger partial charge on any atom is -0.377 e. The van der Waals surface area contributed by atoms with Gasteiger partial charge in [0.15, 0.2) is 0 Å². The van der Waals surface area contributed by atoms with Crippen molar-refractivity contribution in [2.24, 2.45) is 11.5 Å². The molecule has 0 spiro atoms. The van der Waals surface area contributed by atoms with Crippen molar-refractivity contribution in [3.05, 3.63) is 0 Å². The van der Waals surface area contributed by atoms with E-state index in [2.05, 4.69) is 6.92 Å². The number of hydrogen-bond acceptors (Lipinski definition) is 5. The van der Waals surface area contributed by atoms with E-state index in [1.54, 1.807) is 28.3 Å². The third-order valence-corrected chi connectivity index (χ3v) is 6.35. The molecule has 4 N–H and O–H groups in total. The van der Waals surface area contributed by atoms with E-state index >= 15 is 0 Å². The molecular weight excluding hydrogens is 296 g/mol. The van der Waals surface area contributed by atoms with Crippen LogP contribution in [-0.4, -0.2) is 36.3 Å². The predicted molar refractivity (Wildman–Crippen MR) is 96.7 cm³/mol. The van der Waals surface area contributed by atoms with Crippen molar-refractivity contribution < 1.29 is 13.3 Å². The van der Waals surface area contributed by atoms with E-state index in [4.69, 9.17) is 24.7 Å². The zero-order chi connectivity index (χ0) is 17.3. The number of hydrogen-bond donors (Lipinski definition) is 2. The quantitative estimate of drug-likeness (QED) is 0.305. The Morgan fingerprint density at radius 2 is 1.05 bits per heavy atom. The fourth-order valence-corrected chi connectivity index (χ4v) is 4.00. The standard InChI is InChI=1S/C14H32O3Si.C2H8N2/c1-5-6-7-8-9-10-11-12-13-14-18(15-2,16-3)17-4;1-2(3)4/h5-14H2,1-4H3;2H,3-4H2,1H3. The minimum atomic E-state index is -2.30. The Hall–Kier alpha value is 0.0169. The van der Waals surface area contributed by atoms with Crippen LogP contribution in [0.5, 0.6) is 0 Å². The molecule has 0 unspecified atom stereocenters. The second-order valence-corrected chi connectivity index (χ2v) is 8.82. The summed E-state index contributed by atoms with van der Waals surface area (Å²) in [6.45, 7) is 3.98. The Balaban J connectivity index is 0. The SMILES string of the molecule is CC(N)N.CCCCCCCCCCC[Si](OC)(OC)OC. The van der Waals surface area contributed by atoms with Gasteiger partial charge in [0.05, 0.1) is 0 Å². The second kappa shape index (κ2) is 17.4. The van der Waals surface area contributed by atoms with Crippen molar-refractivity contribution in [2.75, 3.05) is 21.3 Å². The minimum absolute atomic E-state index is 0.167. The van der Waals surface area contributed by atoms with Gasteiger partial charge in [-0.15, -0.1) is 0 Å². The van der Waals surface area contributed by atoms with Gasteiger partial charge in [-0.3, -0.25) is 0 Å². The van der Waals surface area contributed by atoms with E-state index in [0.717, 1.165) is 12.5 Å². The van der Waals surface area contributed by atoms with Crippen LogP contribution in [0.25, 0.3) is 0 Å². The van der Waals surface area contributed by atoms with E-state index in [1.165, 1.54) is 51.4 Å². The van der Waals surface area contributed by atoms with Crippen LogP contribution in [0.15, 0.2) is 0 Å². The highest BCUT2D eigenvalue weighted by Gasteiger charge is 2.36. The molecule has 22 heavy (non-hydrogen) atoms. The molecule has 0 bridgehead atoms. The number of rotatable bonds is 13. The molecule has 0 saturated heterocycles. The lowest BCUT2D eigenvalue weighted by atomic mass is 10.1. The summed E-state index contributed by atoms with van der Waals surface area (Å²) in [6.07, 6.45) is 11.9. The van der Waals surface area contributed by atoms with Gasteiger partial charge in [0.2, 0.25) is 0 Å². The first-order chi connectivity index (χ1) is 10.5. The largest absolute Gasteiger partial charge is 0.500 e. The van der Waals surface area contributed by atoms with E-state index in [9.17, 15) is 0 Å². The lowest BCUT2D eigenvalue weighted by molar-refractivity contribution is 0.122. The Morgan fingerprint density at radius 3 is 1.36 bits per heavy atom. The van der Waals surface area contributed by atoms with Crippen molar-refractivity contribution >= 4 is 8.80 Å². The smallest absolute Gasteiger partial charge is 0.377 e. The molecule has 0 fully saturated rings. The molecule has 0 saturated carbocycles. The van der Waals surface area contributed by atoms with E-state index in [1.807, 2.05) is 0 Å². The molecular formula is C16H40N2O3Si. The average molecular weight is 337 g/mol. The molecule has 0 aromatic heterocycles. The van der Waals surface area contributed by atoms with Gasteiger partial charge in [-0.2, -0.15) is 0 Å².